The molecule has 0 amide bonds. The van der Waals surface area contributed by atoms with Crippen LogP contribution in [0.15, 0.2) is 54.4 Å². The van der Waals surface area contributed by atoms with Gasteiger partial charge in [0.1, 0.15) is 0 Å². The number of hydrogen-bond acceptors (Lipinski definition) is 0. The lowest BCUT2D eigenvalue weighted by Crippen LogP contribution is -1.80. The van der Waals surface area contributed by atoms with E-state index in [1.54, 1.807) is 0 Å². The first-order valence-electron chi connectivity index (χ1n) is 7.83. The van der Waals surface area contributed by atoms with E-state index >= 15 is 0 Å². The fourth-order valence-electron chi connectivity index (χ4n) is 1.06. The first-order chi connectivity index (χ1) is 9.68. The highest BCUT2D eigenvalue weighted by Gasteiger charge is 1.97. The molecule has 0 nitrogen and oxygen atoms in total. The van der Waals surface area contributed by atoms with Gasteiger partial charge in [-0.3, -0.25) is 0 Å². The Morgan fingerprint density at radius 2 is 1.69 bits per heavy atom. The summed E-state index contributed by atoms with van der Waals surface area (Å²) >= 11 is 0. The maximum absolute atomic E-state index is 7.96. The third-order valence-electron chi connectivity index (χ3n) is 1.69. The Kier molecular flexibility index (Phi) is 0.790. The summed E-state index contributed by atoms with van der Waals surface area (Å²) in [6.45, 7) is 1.51. The average Bonchev–Trinajstić information content (AvgIpc) is 2.46. The molecule has 0 aliphatic heterocycles. The lowest BCUT2D eigenvalue weighted by molar-refractivity contribution is 1.46. The molecule has 0 unspecified atom stereocenters. The molecule has 13 heavy (non-hydrogen) atoms. The summed E-state index contributed by atoms with van der Waals surface area (Å²) in [5.41, 5.74) is 0.435. The molecule has 2 rings (SSSR count). The molecule has 2 aromatic rings. The van der Waals surface area contributed by atoms with E-state index in [2.05, 4.69) is 0 Å². The summed E-state index contributed by atoms with van der Waals surface area (Å²) in [5, 5.41) is 0. The largest absolute Gasteiger partial charge is 0.0629 e. The van der Waals surface area contributed by atoms with Crippen LogP contribution in [0.1, 0.15) is 16.5 Å². The second kappa shape index (κ2) is 3.44. The summed E-state index contributed by atoms with van der Waals surface area (Å²) in [4.78, 5) is 0. The smallest absolute Gasteiger partial charge is 0.0622 e. The first-order valence-corrected chi connectivity index (χ1v) is 3.83. The summed E-state index contributed by atoms with van der Waals surface area (Å²) < 4.78 is 61.9. The second-order valence-electron chi connectivity index (χ2n) is 2.58. The molecular weight excluding hydrogens is 156 g/mol. The van der Waals surface area contributed by atoms with Crippen molar-refractivity contribution in [1.29, 1.82) is 0 Å². The molecule has 0 aromatic heterocycles. The average molecular weight is 176 g/mol. The van der Waals surface area contributed by atoms with Crippen LogP contribution < -0.4 is 0 Å². The van der Waals surface area contributed by atoms with Gasteiger partial charge in [0.2, 0.25) is 0 Å². The van der Waals surface area contributed by atoms with E-state index in [4.69, 9.17) is 11.0 Å². The van der Waals surface area contributed by atoms with Gasteiger partial charge in [-0.25, -0.2) is 0 Å². The first kappa shape index (κ1) is 2.98. The van der Waals surface area contributed by atoms with Crippen LogP contribution in [-0.4, -0.2) is 0 Å². The van der Waals surface area contributed by atoms with Crippen molar-refractivity contribution in [2.45, 2.75) is 6.92 Å². The topological polar surface area (TPSA) is 0 Å². The van der Waals surface area contributed by atoms with Crippen LogP contribution in [-0.2, 0) is 0 Å². The van der Waals surface area contributed by atoms with Gasteiger partial charge in [-0.05, 0) is 23.6 Å². The summed E-state index contributed by atoms with van der Waals surface area (Å²) in [6.07, 6.45) is 0. The van der Waals surface area contributed by atoms with Crippen LogP contribution in [0.5, 0.6) is 0 Å². The number of benzene rings is 2. The van der Waals surface area contributed by atoms with Crippen molar-refractivity contribution in [3.63, 3.8) is 0 Å². The lowest BCUT2D eigenvalue weighted by Gasteiger charge is -2.04. The van der Waals surface area contributed by atoms with Crippen LogP contribution >= 0.6 is 0 Å². The van der Waals surface area contributed by atoms with E-state index < -0.39 is 12.1 Å². The van der Waals surface area contributed by atoms with E-state index in [0.717, 1.165) is 0 Å². The molecule has 0 heterocycles. The van der Waals surface area contributed by atoms with Gasteiger partial charge >= 0.3 is 0 Å². The summed E-state index contributed by atoms with van der Waals surface area (Å²) in [5.74, 6) is 0. The van der Waals surface area contributed by atoms with Crippen molar-refractivity contribution in [3.05, 3.63) is 60.0 Å². The Labute approximate surface area is 90.1 Å². The minimum atomic E-state index is -0.427. The highest BCUT2D eigenvalue weighted by Crippen LogP contribution is 2.21. The van der Waals surface area contributed by atoms with Crippen molar-refractivity contribution >= 4 is 0 Å². The molecule has 0 N–H and O–H groups in total. The third-order valence-corrected chi connectivity index (χ3v) is 1.69. The van der Waals surface area contributed by atoms with Crippen LogP contribution in [0.4, 0.5) is 0 Å². The van der Waals surface area contributed by atoms with E-state index in [1.807, 2.05) is 0 Å². The van der Waals surface area contributed by atoms with Crippen LogP contribution in [0.2, 0.25) is 0 Å². The standard InChI is InChI=1S/C13H12/c1-11-7-5-6-10-13(11)12-8-3-2-4-9-12/h2-10H,1H3/i2D,3D,4D,5D,6D,7D,8D,10D. The number of rotatable bonds is 1. The van der Waals surface area contributed by atoms with E-state index in [1.165, 1.54) is 13.0 Å². The highest BCUT2D eigenvalue weighted by molar-refractivity contribution is 5.66. The SMILES string of the molecule is [2H]c1cc(-c2c([2H])c([2H])c([2H])c([2H])c2C)c([2H])c([2H])c1[2H]. The Bertz CT molecular complexity index is 722. The molecule has 2 aromatic carbocycles. The predicted octanol–water partition coefficient (Wildman–Crippen LogP) is 3.66. The normalized spacial score (nSPS) is 18.5. The molecule has 0 saturated heterocycles. The Balaban J connectivity index is 2.93. The van der Waals surface area contributed by atoms with Gasteiger partial charge < -0.3 is 0 Å². The molecule has 0 aliphatic carbocycles. The zero-order valence-electron chi connectivity index (χ0n) is 15.1. The lowest BCUT2D eigenvalue weighted by atomic mass is 10.0. The van der Waals surface area contributed by atoms with Crippen molar-refractivity contribution in [2.75, 3.05) is 0 Å². The zero-order valence-corrected chi connectivity index (χ0v) is 7.08. The van der Waals surface area contributed by atoms with Gasteiger partial charge in [-0.2, -0.15) is 0 Å². The van der Waals surface area contributed by atoms with E-state index in [0.29, 0.717) is 0 Å². The molecule has 0 aliphatic rings. The highest BCUT2D eigenvalue weighted by atomic mass is 14.0. The number of hydrogen-bond donors (Lipinski definition) is 0. The van der Waals surface area contributed by atoms with E-state index in [-0.39, 0.29) is 52.9 Å². The zero-order chi connectivity index (χ0) is 16.1. The van der Waals surface area contributed by atoms with Crippen molar-refractivity contribution < 1.29 is 11.0 Å². The maximum atomic E-state index is 7.96. The minimum absolute atomic E-state index is 0.0745. The molecule has 0 fully saturated rings. The fraction of sp³-hybridized carbons (Fsp3) is 0.0769. The molecular formula is C13H12. The van der Waals surface area contributed by atoms with Crippen molar-refractivity contribution in [2.24, 2.45) is 0 Å². The maximum Gasteiger partial charge on any atom is 0.0629 e. The molecule has 0 radical (unpaired) electrons. The fourth-order valence-corrected chi connectivity index (χ4v) is 1.06. The quantitative estimate of drug-likeness (QED) is 0.622. The van der Waals surface area contributed by atoms with Gasteiger partial charge in [-0.15, -0.1) is 0 Å². The summed E-state index contributed by atoms with van der Waals surface area (Å²) in [6, 6.07) is -1.47. The monoisotopic (exact) mass is 176 g/mol. The van der Waals surface area contributed by atoms with Crippen molar-refractivity contribution in [3.8, 4) is 11.1 Å². The van der Waals surface area contributed by atoms with Crippen LogP contribution in [0.3, 0.4) is 0 Å². The van der Waals surface area contributed by atoms with Gasteiger partial charge in [0, 0.05) is 0 Å². The molecule has 64 valence electrons. The van der Waals surface area contributed by atoms with Gasteiger partial charge in [0.15, 0.2) is 0 Å². The third kappa shape index (κ3) is 1.62. The van der Waals surface area contributed by atoms with Gasteiger partial charge in [0.25, 0.3) is 0 Å². The van der Waals surface area contributed by atoms with Gasteiger partial charge in [-0.1, -0.05) is 54.4 Å². The Morgan fingerprint density at radius 3 is 2.62 bits per heavy atom. The van der Waals surface area contributed by atoms with Crippen LogP contribution in [0.25, 0.3) is 11.1 Å². The van der Waals surface area contributed by atoms with E-state index in [9.17, 15) is 0 Å². The van der Waals surface area contributed by atoms with Gasteiger partial charge in [0.05, 0.1) is 11.0 Å². The molecule has 0 atom stereocenters. The Hall–Kier alpha value is -1.56. The molecule has 0 spiro atoms. The molecule has 0 bridgehead atoms. The minimum Gasteiger partial charge on any atom is -0.0622 e. The second-order valence-corrected chi connectivity index (χ2v) is 2.58. The summed E-state index contributed by atoms with van der Waals surface area (Å²) in [7, 11) is 0. The Morgan fingerprint density at radius 1 is 0.923 bits per heavy atom. The molecule has 0 saturated carbocycles. The molecule has 0 heteroatoms. The predicted molar refractivity (Wildman–Crippen MR) is 56.6 cm³/mol. The van der Waals surface area contributed by atoms with Crippen LogP contribution in [0, 0.1) is 6.92 Å². The van der Waals surface area contributed by atoms with Crippen molar-refractivity contribution in [1.82, 2.24) is 0 Å².